The van der Waals surface area contributed by atoms with Crippen molar-refractivity contribution in [3.8, 4) is 5.75 Å². The number of hydrogen-bond acceptors (Lipinski definition) is 1. The van der Waals surface area contributed by atoms with E-state index in [1.165, 1.54) is 0 Å². The molecule has 0 atom stereocenters. The van der Waals surface area contributed by atoms with E-state index in [4.69, 9.17) is 0 Å². The van der Waals surface area contributed by atoms with Gasteiger partial charge >= 0.3 is 0 Å². The van der Waals surface area contributed by atoms with E-state index in [2.05, 4.69) is 36.6 Å². The van der Waals surface area contributed by atoms with E-state index < -0.39 is 18.5 Å². The van der Waals surface area contributed by atoms with Gasteiger partial charge in [-0.2, -0.15) is 0 Å². The van der Waals surface area contributed by atoms with E-state index in [9.17, 15) is 13.2 Å². The van der Waals surface area contributed by atoms with Crippen LogP contribution in [-0.2, 0) is 0 Å². The summed E-state index contributed by atoms with van der Waals surface area (Å²) in [5.41, 5.74) is 0. The monoisotopic (exact) mass is 318 g/mol. The molecule has 1 aromatic rings. The zero-order valence-electron chi connectivity index (χ0n) is 6.08. The number of benzene rings is 1. The number of halogens is 5. The second kappa shape index (κ2) is 4.32. The molecule has 0 aliphatic heterocycles. The maximum atomic E-state index is 13.0. The zero-order valence-corrected chi connectivity index (χ0v) is 9.25. The summed E-state index contributed by atoms with van der Waals surface area (Å²) in [7, 11) is 0. The lowest BCUT2D eigenvalue weighted by Gasteiger charge is -2.06. The highest BCUT2D eigenvalue weighted by molar-refractivity contribution is 9.11. The van der Waals surface area contributed by atoms with Crippen LogP contribution in [0, 0.1) is 11.6 Å². The Labute approximate surface area is 89.1 Å². The molecule has 0 saturated carbocycles. The predicted molar refractivity (Wildman–Crippen MR) is 48.4 cm³/mol. The molecule has 6 heteroatoms. The van der Waals surface area contributed by atoms with E-state index >= 15 is 0 Å². The molecule has 72 valence electrons. The Balaban J connectivity index is 3.24. The van der Waals surface area contributed by atoms with Crippen molar-refractivity contribution >= 4 is 31.9 Å². The molecule has 0 aliphatic rings. The summed E-state index contributed by atoms with van der Waals surface area (Å²) in [5.74, 6) is -1.91. The van der Waals surface area contributed by atoms with E-state index in [-0.39, 0.29) is 14.7 Å². The summed E-state index contributed by atoms with van der Waals surface area (Å²) in [5, 5.41) is 0. The first-order chi connectivity index (χ1) is 6.07. The second-order valence-corrected chi connectivity index (χ2v) is 3.64. The molecule has 0 radical (unpaired) electrons. The average molecular weight is 320 g/mol. The summed E-state index contributed by atoms with van der Waals surface area (Å²) in [6.07, 6.45) is 0. The first-order valence-corrected chi connectivity index (χ1v) is 4.68. The van der Waals surface area contributed by atoms with Gasteiger partial charge in [0.25, 0.3) is 0 Å². The molecule has 0 aliphatic carbocycles. The van der Waals surface area contributed by atoms with Crippen LogP contribution >= 0.6 is 31.9 Å². The number of hydrogen-bond donors (Lipinski definition) is 0. The fraction of sp³-hybridized carbons (Fsp3) is 0.143. The predicted octanol–water partition coefficient (Wildman–Crippen LogP) is 3.80. The van der Waals surface area contributed by atoms with Gasteiger partial charge in [-0.15, -0.1) is 0 Å². The van der Waals surface area contributed by atoms with Gasteiger partial charge in [0.2, 0.25) is 6.86 Å². The zero-order chi connectivity index (χ0) is 10.0. The van der Waals surface area contributed by atoms with E-state index in [0.717, 1.165) is 6.07 Å². The van der Waals surface area contributed by atoms with Gasteiger partial charge in [-0.25, -0.2) is 13.2 Å². The summed E-state index contributed by atoms with van der Waals surface area (Å²) in [6.45, 7) is -1.14. The minimum absolute atomic E-state index is 0.113. The summed E-state index contributed by atoms with van der Waals surface area (Å²) in [4.78, 5) is 0. The minimum Gasteiger partial charge on any atom is -0.462 e. The smallest absolute Gasteiger partial charge is 0.228 e. The SMILES string of the molecule is FCOc1cc(F)c(Br)c(F)c1Br. The maximum absolute atomic E-state index is 13.0. The molecule has 0 amide bonds. The van der Waals surface area contributed by atoms with Crippen LogP contribution in [0.4, 0.5) is 13.2 Å². The average Bonchev–Trinajstić information content (AvgIpc) is 2.11. The summed E-state index contributed by atoms with van der Waals surface area (Å²) in [6, 6.07) is 0.886. The molecule has 0 saturated heterocycles. The molecule has 0 N–H and O–H groups in total. The number of ether oxygens (including phenoxy) is 1. The van der Waals surface area contributed by atoms with Gasteiger partial charge in [0, 0.05) is 6.07 Å². The van der Waals surface area contributed by atoms with Crippen LogP contribution in [0.1, 0.15) is 0 Å². The van der Waals surface area contributed by atoms with Crippen LogP contribution in [0.25, 0.3) is 0 Å². The van der Waals surface area contributed by atoms with Gasteiger partial charge < -0.3 is 4.74 Å². The summed E-state index contributed by atoms with van der Waals surface area (Å²) >= 11 is 5.49. The highest BCUT2D eigenvalue weighted by Gasteiger charge is 2.15. The topological polar surface area (TPSA) is 9.23 Å². The van der Waals surface area contributed by atoms with Crippen molar-refractivity contribution < 1.29 is 17.9 Å². The standard InChI is InChI=1S/C7H3Br2F3O/c8-5-3(11)1-4(13-2-10)6(9)7(5)12/h1H,2H2. The Morgan fingerprint density at radius 2 is 1.85 bits per heavy atom. The highest BCUT2D eigenvalue weighted by atomic mass is 79.9. The Hall–Kier alpha value is -0.230. The molecule has 0 heterocycles. The molecular weight excluding hydrogens is 317 g/mol. The van der Waals surface area contributed by atoms with Crippen LogP contribution in [0.5, 0.6) is 5.75 Å². The third-order valence-corrected chi connectivity index (χ3v) is 2.75. The van der Waals surface area contributed by atoms with Gasteiger partial charge in [-0.3, -0.25) is 0 Å². The van der Waals surface area contributed by atoms with Crippen LogP contribution in [0.15, 0.2) is 15.0 Å². The van der Waals surface area contributed by atoms with Crippen molar-refractivity contribution in [3.63, 3.8) is 0 Å². The first-order valence-electron chi connectivity index (χ1n) is 3.09. The summed E-state index contributed by atoms with van der Waals surface area (Å²) < 4.78 is 41.5. The quantitative estimate of drug-likeness (QED) is 0.595. The molecule has 1 aromatic carbocycles. The van der Waals surface area contributed by atoms with Crippen LogP contribution in [-0.4, -0.2) is 6.86 Å². The van der Waals surface area contributed by atoms with Gasteiger partial charge in [-0.05, 0) is 31.9 Å². The number of alkyl halides is 1. The molecule has 0 spiro atoms. The molecule has 0 fully saturated rings. The third kappa shape index (κ3) is 2.17. The molecular formula is C7H3Br2F3O. The lowest BCUT2D eigenvalue weighted by Crippen LogP contribution is -1.95. The lowest BCUT2D eigenvalue weighted by atomic mass is 10.3. The van der Waals surface area contributed by atoms with Crippen molar-refractivity contribution in [2.75, 3.05) is 6.86 Å². The molecule has 0 bridgehead atoms. The van der Waals surface area contributed by atoms with Crippen LogP contribution in [0.2, 0.25) is 0 Å². The fourth-order valence-corrected chi connectivity index (χ4v) is 1.72. The van der Waals surface area contributed by atoms with Gasteiger partial charge in [0.05, 0.1) is 8.95 Å². The van der Waals surface area contributed by atoms with E-state index in [1.807, 2.05) is 0 Å². The molecule has 0 aromatic heterocycles. The normalized spacial score (nSPS) is 10.2. The molecule has 0 unspecified atom stereocenters. The lowest BCUT2D eigenvalue weighted by molar-refractivity contribution is 0.189. The van der Waals surface area contributed by atoms with Gasteiger partial charge in [-0.1, -0.05) is 0 Å². The van der Waals surface area contributed by atoms with Crippen molar-refractivity contribution in [1.82, 2.24) is 0 Å². The highest BCUT2D eigenvalue weighted by Crippen LogP contribution is 2.34. The Bertz CT molecular complexity index is 330. The van der Waals surface area contributed by atoms with Crippen molar-refractivity contribution in [3.05, 3.63) is 26.6 Å². The Morgan fingerprint density at radius 1 is 1.23 bits per heavy atom. The Morgan fingerprint density at radius 3 is 2.38 bits per heavy atom. The molecule has 1 nitrogen and oxygen atoms in total. The largest absolute Gasteiger partial charge is 0.462 e. The van der Waals surface area contributed by atoms with Crippen molar-refractivity contribution in [2.45, 2.75) is 0 Å². The third-order valence-electron chi connectivity index (χ3n) is 1.28. The first kappa shape index (κ1) is 10.8. The minimum atomic E-state index is -1.14. The van der Waals surface area contributed by atoms with Crippen molar-refractivity contribution in [2.24, 2.45) is 0 Å². The molecule has 1 rings (SSSR count). The fourth-order valence-electron chi connectivity index (χ4n) is 0.715. The maximum Gasteiger partial charge on any atom is 0.228 e. The number of rotatable bonds is 2. The van der Waals surface area contributed by atoms with E-state index in [0.29, 0.717) is 0 Å². The van der Waals surface area contributed by atoms with E-state index in [1.54, 1.807) is 0 Å². The van der Waals surface area contributed by atoms with Crippen LogP contribution in [0.3, 0.4) is 0 Å². The van der Waals surface area contributed by atoms with Gasteiger partial charge in [0.1, 0.15) is 11.6 Å². The van der Waals surface area contributed by atoms with Crippen LogP contribution < -0.4 is 4.74 Å². The Kier molecular flexibility index (Phi) is 3.61. The second-order valence-electron chi connectivity index (χ2n) is 2.05. The molecule has 13 heavy (non-hydrogen) atoms. The van der Waals surface area contributed by atoms with Crippen molar-refractivity contribution in [1.29, 1.82) is 0 Å². The van der Waals surface area contributed by atoms with Gasteiger partial charge in [0.15, 0.2) is 5.82 Å².